The lowest BCUT2D eigenvalue weighted by Gasteiger charge is -2.20. The van der Waals surface area contributed by atoms with Gasteiger partial charge in [0.2, 0.25) is 0 Å². The second-order valence-electron chi connectivity index (χ2n) is 7.44. The van der Waals surface area contributed by atoms with Gasteiger partial charge in [-0.05, 0) is 55.7 Å². The van der Waals surface area contributed by atoms with Crippen LogP contribution in [-0.2, 0) is 6.54 Å². The molecule has 0 spiro atoms. The monoisotopic (exact) mass is 414 g/mol. The first-order chi connectivity index (χ1) is 14.4. The molecular weight excluding hydrogens is 392 g/mol. The molecule has 3 aromatic carbocycles. The molecule has 0 fully saturated rings. The lowest BCUT2D eigenvalue weighted by atomic mass is 10.1. The average Bonchev–Trinajstić information content (AvgIpc) is 3.16. The number of anilines is 1. The number of benzene rings is 3. The van der Waals surface area contributed by atoms with Gasteiger partial charge in [-0.15, -0.1) is 0 Å². The predicted octanol–water partition coefficient (Wildman–Crippen LogP) is 5.96. The third-order valence-electron chi connectivity index (χ3n) is 5.01. The molecule has 0 aliphatic heterocycles. The van der Waals surface area contributed by atoms with E-state index in [1.54, 1.807) is 29.2 Å². The van der Waals surface area contributed by atoms with Crippen LogP contribution in [0, 0.1) is 13.8 Å². The van der Waals surface area contributed by atoms with Crippen molar-refractivity contribution in [3.8, 4) is 0 Å². The molecule has 4 nitrogen and oxygen atoms in total. The van der Waals surface area contributed by atoms with Crippen LogP contribution in [0.25, 0.3) is 10.2 Å². The fraction of sp³-hybridized carbons (Fsp3) is 0.160. The lowest BCUT2D eigenvalue weighted by molar-refractivity contribution is 0.0981. The van der Waals surface area contributed by atoms with E-state index in [2.05, 4.69) is 26.0 Å². The highest BCUT2D eigenvalue weighted by Gasteiger charge is 2.22. The molecule has 0 saturated heterocycles. The minimum Gasteiger partial charge on any atom is -0.295 e. The molecule has 150 valence electrons. The first kappa shape index (κ1) is 20.0. The zero-order chi connectivity index (χ0) is 21.3. The fourth-order valence-electron chi connectivity index (χ4n) is 3.48. The SMILES string of the molecule is CC(=O)c1ccc(C(=O)N(Cc2ccccc2)c2nc3cc(C)cc(C)c3s2)cc1. The Bertz CT molecular complexity index is 1230. The highest BCUT2D eigenvalue weighted by atomic mass is 32.1. The van der Waals surface area contributed by atoms with E-state index in [4.69, 9.17) is 4.98 Å². The second kappa shape index (κ2) is 8.20. The quantitative estimate of drug-likeness (QED) is 0.379. The van der Waals surface area contributed by atoms with Crippen molar-refractivity contribution in [1.29, 1.82) is 0 Å². The van der Waals surface area contributed by atoms with E-state index < -0.39 is 0 Å². The first-order valence-electron chi connectivity index (χ1n) is 9.77. The summed E-state index contributed by atoms with van der Waals surface area (Å²) in [4.78, 5) is 31.6. The number of aryl methyl sites for hydroxylation is 2. The Labute approximate surface area is 179 Å². The maximum atomic E-state index is 13.5. The number of ketones is 1. The Balaban J connectivity index is 1.77. The molecule has 0 atom stereocenters. The Morgan fingerprint density at radius 2 is 1.60 bits per heavy atom. The number of fused-ring (bicyclic) bond motifs is 1. The molecule has 0 aliphatic carbocycles. The van der Waals surface area contributed by atoms with E-state index in [9.17, 15) is 9.59 Å². The molecule has 0 N–H and O–H groups in total. The molecule has 1 heterocycles. The largest absolute Gasteiger partial charge is 0.295 e. The van der Waals surface area contributed by atoms with Crippen molar-refractivity contribution in [2.45, 2.75) is 27.3 Å². The molecule has 30 heavy (non-hydrogen) atoms. The normalized spacial score (nSPS) is 10.9. The predicted molar refractivity (Wildman–Crippen MR) is 122 cm³/mol. The molecule has 1 aromatic heterocycles. The van der Waals surface area contributed by atoms with Crippen LogP contribution in [0.15, 0.2) is 66.7 Å². The van der Waals surface area contributed by atoms with Gasteiger partial charge in [-0.1, -0.05) is 59.9 Å². The smallest absolute Gasteiger partial charge is 0.260 e. The van der Waals surface area contributed by atoms with Crippen LogP contribution < -0.4 is 4.90 Å². The zero-order valence-electron chi connectivity index (χ0n) is 17.2. The summed E-state index contributed by atoms with van der Waals surface area (Å²) in [6, 6.07) is 20.9. The molecule has 0 bridgehead atoms. The summed E-state index contributed by atoms with van der Waals surface area (Å²) in [6.45, 7) is 6.06. The van der Waals surface area contributed by atoms with Gasteiger partial charge in [0.1, 0.15) is 0 Å². The number of carbonyl (C=O) groups excluding carboxylic acids is 2. The third-order valence-corrected chi connectivity index (χ3v) is 6.24. The molecule has 5 heteroatoms. The summed E-state index contributed by atoms with van der Waals surface area (Å²) in [6.07, 6.45) is 0. The van der Waals surface area contributed by atoms with Crippen LogP contribution in [0.1, 0.15) is 44.3 Å². The molecule has 0 radical (unpaired) electrons. The highest BCUT2D eigenvalue weighted by molar-refractivity contribution is 7.22. The van der Waals surface area contributed by atoms with E-state index >= 15 is 0 Å². The van der Waals surface area contributed by atoms with Gasteiger partial charge in [-0.2, -0.15) is 0 Å². The van der Waals surface area contributed by atoms with E-state index in [0.29, 0.717) is 22.8 Å². The summed E-state index contributed by atoms with van der Waals surface area (Å²) < 4.78 is 1.09. The number of amides is 1. The standard InChI is InChI=1S/C25H22N2O2S/c1-16-13-17(2)23-22(14-16)26-25(30-23)27(15-19-7-5-4-6-8-19)24(29)21-11-9-20(10-12-21)18(3)28/h4-14H,15H2,1-3H3. The summed E-state index contributed by atoms with van der Waals surface area (Å²) in [5.74, 6) is -0.158. The molecule has 0 aliphatic rings. The van der Waals surface area contributed by atoms with E-state index in [1.165, 1.54) is 18.3 Å². The van der Waals surface area contributed by atoms with E-state index in [-0.39, 0.29) is 11.7 Å². The van der Waals surface area contributed by atoms with Crippen molar-refractivity contribution in [3.63, 3.8) is 0 Å². The summed E-state index contributed by atoms with van der Waals surface area (Å²) in [5, 5.41) is 0.670. The fourth-order valence-corrected chi connectivity index (χ4v) is 4.49. The molecule has 0 saturated carbocycles. The van der Waals surface area contributed by atoms with Crippen molar-refractivity contribution in [2.75, 3.05) is 4.90 Å². The maximum absolute atomic E-state index is 13.5. The minimum atomic E-state index is -0.137. The van der Waals surface area contributed by atoms with E-state index in [0.717, 1.165) is 26.9 Å². The average molecular weight is 415 g/mol. The number of hydrogen-bond donors (Lipinski definition) is 0. The number of thiazole rings is 1. The Morgan fingerprint density at radius 3 is 2.27 bits per heavy atom. The van der Waals surface area contributed by atoms with Crippen molar-refractivity contribution in [1.82, 2.24) is 4.98 Å². The van der Waals surface area contributed by atoms with Crippen molar-refractivity contribution in [2.24, 2.45) is 0 Å². The van der Waals surface area contributed by atoms with Crippen LogP contribution in [0.3, 0.4) is 0 Å². The Hall–Kier alpha value is -3.31. The number of aromatic nitrogens is 1. The van der Waals surface area contributed by atoms with Gasteiger partial charge >= 0.3 is 0 Å². The molecular formula is C25H22N2O2S. The number of Topliss-reactive ketones (excluding diaryl/α,β-unsaturated/α-hetero) is 1. The number of hydrogen-bond acceptors (Lipinski definition) is 4. The van der Waals surface area contributed by atoms with Crippen LogP contribution in [0.4, 0.5) is 5.13 Å². The number of rotatable bonds is 5. The van der Waals surface area contributed by atoms with Crippen molar-refractivity contribution >= 4 is 38.4 Å². The van der Waals surface area contributed by atoms with Crippen LogP contribution >= 0.6 is 11.3 Å². The van der Waals surface area contributed by atoms with Crippen molar-refractivity contribution < 1.29 is 9.59 Å². The highest BCUT2D eigenvalue weighted by Crippen LogP contribution is 2.33. The van der Waals surface area contributed by atoms with E-state index in [1.807, 2.05) is 30.3 Å². The first-order valence-corrected chi connectivity index (χ1v) is 10.6. The van der Waals surface area contributed by atoms with Crippen molar-refractivity contribution in [3.05, 3.63) is 94.5 Å². The maximum Gasteiger partial charge on any atom is 0.260 e. The zero-order valence-corrected chi connectivity index (χ0v) is 18.0. The molecule has 0 unspecified atom stereocenters. The van der Waals surface area contributed by atoms with Crippen LogP contribution in [0.5, 0.6) is 0 Å². The third kappa shape index (κ3) is 4.02. The summed E-state index contributed by atoms with van der Waals surface area (Å²) in [5.41, 5.74) is 5.36. The molecule has 4 rings (SSSR count). The topological polar surface area (TPSA) is 50.3 Å². The minimum absolute atomic E-state index is 0.0211. The van der Waals surface area contributed by atoms with Gasteiger partial charge in [-0.25, -0.2) is 4.98 Å². The van der Waals surface area contributed by atoms with Gasteiger partial charge in [-0.3, -0.25) is 14.5 Å². The Morgan fingerprint density at radius 1 is 0.933 bits per heavy atom. The molecule has 1 amide bonds. The van der Waals surface area contributed by atoms with Gasteiger partial charge in [0.15, 0.2) is 10.9 Å². The number of nitrogens with zero attached hydrogens (tertiary/aromatic N) is 2. The van der Waals surface area contributed by atoms with Gasteiger partial charge < -0.3 is 0 Å². The number of carbonyl (C=O) groups is 2. The lowest BCUT2D eigenvalue weighted by Crippen LogP contribution is -2.30. The van der Waals surface area contributed by atoms with Gasteiger partial charge in [0.05, 0.1) is 16.8 Å². The second-order valence-corrected chi connectivity index (χ2v) is 8.41. The van der Waals surface area contributed by atoms with Gasteiger partial charge in [0, 0.05) is 11.1 Å². The van der Waals surface area contributed by atoms with Crippen LogP contribution in [-0.4, -0.2) is 16.7 Å². The summed E-state index contributed by atoms with van der Waals surface area (Å²) >= 11 is 1.53. The Kier molecular flexibility index (Phi) is 5.46. The van der Waals surface area contributed by atoms with Crippen LogP contribution in [0.2, 0.25) is 0 Å². The van der Waals surface area contributed by atoms with Gasteiger partial charge in [0.25, 0.3) is 5.91 Å². The summed E-state index contributed by atoms with van der Waals surface area (Å²) in [7, 11) is 0. The molecule has 4 aromatic rings.